The number of carbonyl (C=O) groups is 4. The molecule has 0 amide bonds. The molecular formula is C35H47NO7S. The molecule has 0 radical (unpaired) electrons. The van der Waals surface area contributed by atoms with Crippen molar-refractivity contribution in [3.8, 4) is 0 Å². The highest BCUT2D eigenvalue weighted by atomic mass is 32.2. The van der Waals surface area contributed by atoms with E-state index in [4.69, 9.17) is 19.2 Å². The molecule has 9 unspecified atom stereocenters. The Kier molecular flexibility index (Phi) is 10.6. The molecule has 0 aliphatic carbocycles. The van der Waals surface area contributed by atoms with Gasteiger partial charge in [0.1, 0.15) is 28.8 Å². The van der Waals surface area contributed by atoms with Gasteiger partial charge in [-0.15, -0.1) is 11.8 Å². The van der Waals surface area contributed by atoms with E-state index in [-0.39, 0.29) is 11.6 Å². The van der Waals surface area contributed by atoms with Crippen molar-refractivity contribution in [1.82, 2.24) is 4.98 Å². The summed E-state index contributed by atoms with van der Waals surface area (Å²) in [7, 11) is 1.59. The maximum absolute atomic E-state index is 14.1. The zero-order valence-corrected chi connectivity index (χ0v) is 28.1. The molecule has 4 rings (SSSR count). The number of methoxy groups -OCH3 is 1. The second-order valence-electron chi connectivity index (χ2n) is 13.2. The van der Waals surface area contributed by atoms with Crippen molar-refractivity contribution in [2.45, 2.75) is 96.7 Å². The summed E-state index contributed by atoms with van der Waals surface area (Å²) in [5.74, 6) is -3.69. The van der Waals surface area contributed by atoms with Crippen LogP contribution in [0.2, 0.25) is 0 Å². The van der Waals surface area contributed by atoms with Crippen LogP contribution in [0.1, 0.15) is 73.4 Å². The van der Waals surface area contributed by atoms with E-state index in [1.165, 1.54) is 11.8 Å². The molecule has 2 fully saturated rings. The molecule has 44 heavy (non-hydrogen) atoms. The van der Waals surface area contributed by atoms with Crippen molar-refractivity contribution < 1.29 is 33.4 Å². The number of Topliss-reactive ketones (excluding diaryl/α,β-unsaturated/α-hetero) is 2. The topological polar surface area (TPSA) is 109 Å². The van der Waals surface area contributed by atoms with Crippen LogP contribution in [0.3, 0.4) is 0 Å². The maximum atomic E-state index is 14.1. The number of ketones is 2. The molecule has 1 aromatic heterocycles. The third-order valence-corrected chi connectivity index (χ3v) is 11.1. The number of thioether (sulfide) groups is 1. The molecule has 2 aromatic rings. The number of fused-ring (bicyclic) bond motifs is 2. The molecule has 240 valence electrons. The molecule has 0 spiro atoms. The third kappa shape index (κ3) is 6.89. The van der Waals surface area contributed by atoms with Gasteiger partial charge in [0.05, 0.1) is 11.1 Å². The summed E-state index contributed by atoms with van der Waals surface area (Å²) < 4.78 is 18.0. The van der Waals surface area contributed by atoms with Crippen LogP contribution in [0.15, 0.2) is 36.4 Å². The Morgan fingerprint density at radius 2 is 1.59 bits per heavy atom. The smallest absolute Gasteiger partial charge is 0.320 e. The molecule has 2 aliphatic rings. The number of pyridine rings is 1. The minimum atomic E-state index is -1.25. The molecule has 9 atom stereocenters. The van der Waals surface area contributed by atoms with Crippen molar-refractivity contribution in [2.75, 3.05) is 12.9 Å². The van der Waals surface area contributed by atoms with E-state index in [9.17, 15) is 19.2 Å². The number of hydrogen-bond acceptors (Lipinski definition) is 9. The summed E-state index contributed by atoms with van der Waals surface area (Å²) >= 11 is 1.46. The molecule has 9 heteroatoms. The molecule has 0 N–H and O–H groups in total. The number of aromatic nitrogens is 1. The number of benzene rings is 1. The average Bonchev–Trinajstić information content (AvgIpc) is 3.26. The summed E-state index contributed by atoms with van der Waals surface area (Å²) in [6.07, 6.45) is 0.952. The number of nitrogens with zero attached hydrogens (tertiary/aromatic N) is 1. The Morgan fingerprint density at radius 1 is 0.932 bits per heavy atom. The molecule has 2 saturated heterocycles. The normalized spacial score (nSPS) is 35.6. The SMILES string of the molecule is CCC1OC(=O)C(C)C(=O)C(C)CC(C)(OC)CC(C)C(=O)C(C)C2C(SCCc3ccc4ccccc4n3)C(=O)OC12C. The number of ether oxygens (including phenoxy) is 3. The first kappa shape index (κ1) is 34.1. The van der Waals surface area contributed by atoms with Crippen LogP contribution >= 0.6 is 11.8 Å². The van der Waals surface area contributed by atoms with E-state index in [0.29, 0.717) is 31.4 Å². The van der Waals surface area contributed by atoms with Gasteiger partial charge in [-0.25, -0.2) is 0 Å². The maximum Gasteiger partial charge on any atom is 0.320 e. The molecular weight excluding hydrogens is 578 g/mol. The second kappa shape index (κ2) is 13.7. The minimum absolute atomic E-state index is 0.00446. The predicted octanol–water partition coefficient (Wildman–Crippen LogP) is 6.01. The zero-order chi connectivity index (χ0) is 32.4. The zero-order valence-electron chi connectivity index (χ0n) is 27.3. The van der Waals surface area contributed by atoms with Gasteiger partial charge in [-0.1, -0.05) is 52.0 Å². The average molecular weight is 626 g/mol. The van der Waals surface area contributed by atoms with E-state index in [1.54, 1.807) is 27.9 Å². The van der Waals surface area contributed by atoms with Gasteiger partial charge >= 0.3 is 11.9 Å². The van der Waals surface area contributed by atoms with E-state index >= 15 is 0 Å². The van der Waals surface area contributed by atoms with Crippen LogP contribution in [0.4, 0.5) is 0 Å². The van der Waals surface area contributed by atoms with Gasteiger partial charge in [0.2, 0.25) is 0 Å². The number of esters is 2. The molecule has 0 saturated carbocycles. The predicted molar refractivity (Wildman–Crippen MR) is 171 cm³/mol. The monoisotopic (exact) mass is 625 g/mol. The third-order valence-electron chi connectivity index (χ3n) is 9.83. The second-order valence-corrected chi connectivity index (χ2v) is 14.4. The van der Waals surface area contributed by atoms with Gasteiger partial charge in [0.15, 0.2) is 5.60 Å². The van der Waals surface area contributed by atoms with Crippen LogP contribution < -0.4 is 0 Å². The summed E-state index contributed by atoms with van der Waals surface area (Å²) in [4.78, 5) is 59.2. The van der Waals surface area contributed by atoms with Crippen LogP contribution in [0.25, 0.3) is 10.9 Å². The highest BCUT2D eigenvalue weighted by Gasteiger charge is 2.61. The van der Waals surface area contributed by atoms with Crippen LogP contribution in [0.5, 0.6) is 0 Å². The Balaban J connectivity index is 1.66. The quantitative estimate of drug-likeness (QED) is 0.281. The Morgan fingerprint density at radius 3 is 2.25 bits per heavy atom. The van der Waals surface area contributed by atoms with Crippen LogP contribution in [-0.2, 0) is 39.8 Å². The number of carbonyl (C=O) groups excluding carboxylic acids is 4. The standard InChI is InChI=1S/C35H47NO7S/c1-9-27-35(7)28(31(33(40)43-35)44-17-16-25-15-14-24-12-10-11-13-26(24)36-25)22(4)29(37)20(2)18-34(6,41-8)19-21(3)30(38)23(5)32(39)42-27/h10-15,20-23,27-28,31H,9,16-19H2,1-8H3. The minimum Gasteiger partial charge on any atom is -0.458 e. The largest absolute Gasteiger partial charge is 0.458 e. The molecule has 1 aromatic carbocycles. The molecule has 3 heterocycles. The van der Waals surface area contributed by atoms with Crippen LogP contribution in [0, 0.1) is 29.6 Å². The van der Waals surface area contributed by atoms with Crippen LogP contribution in [-0.4, -0.2) is 63.9 Å². The Hall–Kier alpha value is -2.78. The lowest BCUT2D eigenvalue weighted by Crippen LogP contribution is -2.53. The van der Waals surface area contributed by atoms with Gasteiger partial charge in [-0.05, 0) is 64.3 Å². The van der Waals surface area contributed by atoms with Crippen molar-refractivity contribution >= 4 is 46.2 Å². The fourth-order valence-electron chi connectivity index (χ4n) is 7.30. The first-order chi connectivity index (χ1) is 20.7. The first-order valence-corrected chi connectivity index (χ1v) is 16.8. The lowest BCUT2D eigenvalue weighted by atomic mass is 9.70. The lowest BCUT2D eigenvalue weighted by Gasteiger charge is -2.41. The molecule has 8 nitrogen and oxygen atoms in total. The summed E-state index contributed by atoms with van der Waals surface area (Å²) in [5.41, 5.74) is -0.172. The van der Waals surface area contributed by atoms with Crippen molar-refractivity contribution in [3.05, 3.63) is 42.1 Å². The summed E-state index contributed by atoms with van der Waals surface area (Å²) in [5, 5.41) is 0.426. The van der Waals surface area contributed by atoms with Crippen molar-refractivity contribution in [3.63, 3.8) is 0 Å². The van der Waals surface area contributed by atoms with Gasteiger partial charge < -0.3 is 14.2 Å². The van der Waals surface area contributed by atoms with Gasteiger partial charge in [0.25, 0.3) is 0 Å². The molecule has 0 bridgehead atoms. The number of cyclic esters (lactones) is 1. The van der Waals surface area contributed by atoms with E-state index < -0.39 is 64.1 Å². The van der Waals surface area contributed by atoms with E-state index in [2.05, 4.69) is 0 Å². The number of aryl methyl sites for hydroxylation is 1. The summed E-state index contributed by atoms with van der Waals surface area (Å²) in [6, 6.07) is 12.0. The van der Waals surface area contributed by atoms with Gasteiger partial charge in [0, 0.05) is 41.9 Å². The number of rotatable bonds is 6. The van der Waals surface area contributed by atoms with Crippen molar-refractivity contribution in [2.24, 2.45) is 29.6 Å². The highest BCUT2D eigenvalue weighted by molar-refractivity contribution is 8.00. The number of hydrogen-bond donors (Lipinski definition) is 0. The lowest BCUT2D eigenvalue weighted by molar-refractivity contribution is -0.183. The fraction of sp³-hybridized carbons (Fsp3) is 0.629. The first-order valence-electron chi connectivity index (χ1n) is 15.8. The number of para-hydroxylation sites is 1. The Labute approximate surface area is 265 Å². The van der Waals surface area contributed by atoms with Gasteiger partial charge in [-0.3, -0.25) is 24.2 Å². The molecule has 2 aliphatic heterocycles. The Bertz CT molecular complexity index is 1400. The van der Waals surface area contributed by atoms with E-state index in [0.717, 1.165) is 16.6 Å². The fourth-order valence-corrected chi connectivity index (χ4v) is 8.78. The summed E-state index contributed by atoms with van der Waals surface area (Å²) in [6.45, 7) is 12.6. The van der Waals surface area contributed by atoms with Crippen molar-refractivity contribution in [1.29, 1.82) is 0 Å². The van der Waals surface area contributed by atoms with Gasteiger partial charge in [-0.2, -0.15) is 0 Å². The van der Waals surface area contributed by atoms with E-state index in [1.807, 2.05) is 64.1 Å². The highest BCUT2D eigenvalue weighted by Crippen LogP contribution is 2.48.